The second kappa shape index (κ2) is 5.51. The molecule has 0 aliphatic rings. The largest absolute Gasteiger partial charge is 0.340 e. The number of carbonyl (C=O) groups is 1. The molecular weight excluding hydrogens is 228 g/mol. The molecule has 0 aliphatic carbocycles. The van der Waals surface area contributed by atoms with Gasteiger partial charge >= 0.3 is 6.03 Å². The van der Waals surface area contributed by atoms with Crippen molar-refractivity contribution in [2.75, 3.05) is 13.6 Å². The van der Waals surface area contributed by atoms with E-state index in [4.69, 9.17) is 5.21 Å². The molecule has 18 heavy (non-hydrogen) atoms. The number of hydroxylamine groups is 2. The maximum atomic E-state index is 11.1. The molecule has 2 N–H and O–H groups in total. The van der Waals surface area contributed by atoms with Gasteiger partial charge in [0.2, 0.25) is 0 Å². The molecule has 4 nitrogen and oxygen atoms in total. The van der Waals surface area contributed by atoms with E-state index in [9.17, 15) is 4.79 Å². The van der Waals surface area contributed by atoms with Gasteiger partial charge in [0.25, 0.3) is 0 Å². The number of nitrogens with one attached hydrogen (secondary N) is 1. The Morgan fingerprint density at radius 2 is 1.94 bits per heavy atom. The van der Waals surface area contributed by atoms with Gasteiger partial charge in [-0.1, -0.05) is 42.5 Å². The van der Waals surface area contributed by atoms with Crippen LogP contribution in [0.4, 0.5) is 4.79 Å². The molecule has 2 rings (SSSR count). The van der Waals surface area contributed by atoms with Crippen molar-refractivity contribution in [1.29, 1.82) is 0 Å². The summed E-state index contributed by atoms with van der Waals surface area (Å²) < 4.78 is 0. The van der Waals surface area contributed by atoms with E-state index >= 15 is 0 Å². The fourth-order valence-electron chi connectivity index (χ4n) is 1.82. The molecule has 0 fully saturated rings. The number of urea groups is 1. The summed E-state index contributed by atoms with van der Waals surface area (Å²) in [6.45, 7) is 0.502. The molecule has 4 heteroatoms. The Balaban J connectivity index is 1.98. The number of amides is 2. The fourth-order valence-corrected chi connectivity index (χ4v) is 1.82. The van der Waals surface area contributed by atoms with Crippen LogP contribution in [-0.4, -0.2) is 29.9 Å². The Kier molecular flexibility index (Phi) is 3.79. The summed E-state index contributed by atoms with van der Waals surface area (Å²) in [6.07, 6.45) is 0.740. The molecule has 0 spiro atoms. The summed E-state index contributed by atoms with van der Waals surface area (Å²) in [4.78, 5) is 11.1. The molecule has 0 heterocycles. The summed E-state index contributed by atoms with van der Waals surface area (Å²) in [6, 6.07) is 13.9. The Hall–Kier alpha value is -2.07. The van der Waals surface area contributed by atoms with Crippen LogP contribution in [0.15, 0.2) is 42.5 Å². The first-order valence-electron chi connectivity index (χ1n) is 5.85. The molecule has 0 atom stereocenters. The lowest BCUT2D eigenvalue weighted by molar-refractivity contribution is -0.0181. The minimum Gasteiger partial charge on any atom is -0.336 e. The molecule has 0 saturated carbocycles. The van der Waals surface area contributed by atoms with Gasteiger partial charge in [0.15, 0.2) is 0 Å². The van der Waals surface area contributed by atoms with Crippen LogP contribution in [0.25, 0.3) is 10.8 Å². The van der Waals surface area contributed by atoms with Crippen molar-refractivity contribution < 1.29 is 10.0 Å². The molecular formula is C14H16N2O2. The van der Waals surface area contributed by atoms with Gasteiger partial charge in [-0.2, -0.15) is 0 Å². The second-order valence-electron chi connectivity index (χ2n) is 4.19. The number of fused-ring (bicyclic) bond motifs is 1. The highest BCUT2D eigenvalue weighted by atomic mass is 16.5. The third-order valence-corrected chi connectivity index (χ3v) is 2.80. The summed E-state index contributed by atoms with van der Waals surface area (Å²) in [5, 5.41) is 14.4. The Bertz CT molecular complexity index is 552. The first kappa shape index (κ1) is 12.4. The van der Waals surface area contributed by atoms with Crippen molar-refractivity contribution >= 4 is 16.8 Å². The fraction of sp³-hybridized carbons (Fsp3) is 0.214. The molecule has 0 saturated heterocycles. The van der Waals surface area contributed by atoms with E-state index in [-0.39, 0.29) is 0 Å². The van der Waals surface area contributed by atoms with Gasteiger partial charge in [-0.25, -0.2) is 9.86 Å². The number of hydrogen-bond donors (Lipinski definition) is 2. The van der Waals surface area contributed by atoms with E-state index in [1.807, 2.05) is 12.1 Å². The van der Waals surface area contributed by atoms with E-state index in [1.165, 1.54) is 17.8 Å². The molecule has 2 amide bonds. The summed E-state index contributed by atoms with van der Waals surface area (Å²) in [5.74, 6) is 0. The number of rotatable bonds is 3. The van der Waals surface area contributed by atoms with Gasteiger partial charge in [-0.15, -0.1) is 0 Å². The molecule has 0 unspecified atom stereocenters. The third-order valence-electron chi connectivity index (χ3n) is 2.80. The van der Waals surface area contributed by atoms with Crippen LogP contribution in [0.2, 0.25) is 0 Å². The van der Waals surface area contributed by atoms with Crippen molar-refractivity contribution in [3.63, 3.8) is 0 Å². The lowest BCUT2D eigenvalue weighted by atomic mass is 10.1. The number of carbonyl (C=O) groups excluding carboxylic acids is 1. The highest BCUT2D eigenvalue weighted by molar-refractivity contribution is 5.83. The Morgan fingerprint density at radius 1 is 1.22 bits per heavy atom. The molecule has 94 valence electrons. The summed E-state index contributed by atoms with van der Waals surface area (Å²) in [7, 11) is 1.30. The monoisotopic (exact) mass is 244 g/mol. The SMILES string of the molecule is CN(O)C(=O)NCCc1ccc2ccccc2c1. The standard InChI is InChI=1S/C14H16N2O2/c1-16(18)14(17)15-9-8-11-6-7-12-4-2-3-5-13(12)10-11/h2-7,10,18H,8-9H2,1H3,(H,15,17). The first-order chi connectivity index (χ1) is 8.66. The molecule has 2 aromatic rings. The van der Waals surface area contributed by atoms with Gasteiger partial charge in [0, 0.05) is 13.6 Å². The van der Waals surface area contributed by atoms with Gasteiger partial charge in [-0.3, -0.25) is 5.21 Å². The Morgan fingerprint density at radius 3 is 2.67 bits per heavy atom. The van der Waals surface area contributed by atoms with Crippen molar-refractivity contribution in [2.45, 2.75) is 6.42 Å². The maximum Gasteiger partial charge on any atom is 0.340 e. The van der Waals surface area contributed by atoms with E-state index in [0.717, 1.165) is 12.0 Å². The van der Waals surface area contributed by atoms with Crippen LogP contribution in [0.5, 0.6) is 0 Å². The zero-order chi connectivity index (χ0) is 13.0. The predicted molar refractivity (Wildman–Crippen MR) is 70.6 cm³/mol. The average Bonchev–Trinajstić information content (AvgIpc) is 2.38. The molecule has 0 bridgehead atoms. The van der Waals surface area contributed by atoms with Crippen LogP contribution in [0, 0.1) is 0 Å². The highest BCUT2D eigenvalue weighted by Gasteiger charge is 2.03. The first-order valence-corrected chi connectivity index (χ1v) is 5.85. The van der Waals surface area contributed by atoms with Crippen LogP contribution < -0.4 is 5.32 Å². The topological polar surface area (TPSA) is 52.6 Å². The molecule has 0 aromatic heterocycles. The van der Waals surface area contributed by atoms with E-state index in [2.05, 4.69) is 35.6 Å². The zero-order valence-corrected chi connectivity index (χ0v) is 10.3. The van der Waals surface area contributed by atoms with Crippen molar-refractivity contribution in [1.82, 2.24) is 10.4 Å². The number of benzene rings is 2. The molecule has 0 aliphatic heterocycles. The van der Waals surface area contributed by atoms with Crippen LogP contribution in [0.1, 0.15) is 5.56 Å². The van der Waals surface area contributed by atoms with E-state index < -0.39 is 6.03 Å². The van der Waals surface area contributed by atoms with E-state index in [0.29, 0.717) is 11.6 Å². The van der Waals surface area contributed by atoms with Crippen molar-refractivity contribution in [3.8, 4) is 0 Å². The highest BCUT2D eigenvalue weighted by Crippen LogP contribution is 2.15. The third kappa shape index (κ3) is 2.99. The molecule has 2 aromatic carbocycles. The lowest BCUT2D eigenvalue weighted by Gasteiger charge is -2.10. The minimum absolute atomic E-state index is 0.490. The average molecular weight is 244 g/mol. The van der Waals surface area contributed by atoms with Crippen molar-refractivity contribution in [2.24, 2.45) is 0 Å². The lowest BCUT2D eigenvalue weighted by Crippen LogP contribution is -2.36. The van der Waals surface area contributed by atoms with Gasteiger partial charge in [0.05, 0.1) is 0 Å². The second-order valence-corrected chi connectivity index (χ2v) is 4.19. The van der Waals surface area contributed by atoms with Crippen LogP contribution in [0.3, 0.4) is 0 Å². The predicted octanol–water partition coefficient (Wildman–Crippen LogP) is 2.41. The normalized spacial score (nSPS) is 10.3. The van der Waals surface area contributed by atoms with E-state index in [1.54, 1.807) is 0 Å². The van der Waals surface area contributed by atoms with Gasteiger partial charge in [-0.05, 0) is 22.8 Å². The Labute approximate surface area is 106 Å². The maximum absolute atomic E-state index is 11.1. The molecule has 0 radical (unpaired) electrons. The summed E-state index contributed by atoms with van der Waals surface area (Å²) in [5.41, 5.74) is 1.16. The smallest absolute Gasteiger partial charge is 0.336 e. The van der Waals surface area contributed by atoms with Gasteiger partial charge in [0.1, 0.15) is 0 Å². The zero-order valence-electron chi connectivity index (χ0n) is 10.3. The van der Waals surface area contributed by atoms with Gasteiger partial charge < -0.3 is 5.32 Å². The summed E-state index contributed by atoms with van der Waals surface area (Å²) >= 11 is 0. The quantitative estimate of drug-likeness (QED) is 0.643. The van der Waals surface area contributed by atoms with Crippen molar-refractivity contribution in [3.05, 3.63) is 48.0 Å². The number of nitrogens with zero attached hydrogens (tertiary/aromatic N) is 1. The number of hydrogen-bond acceptors (Lipinski definition) is 2. The van der Waals surface area contributed by atoms with Crippen LogP contribution in [-0.2, 0) is 6.42 Å². The van der Waals surface area contributed by atoms with Crippen LogP contribution >= 0.6 is 0 Å². The minimum atomic E-state index is -0.490.